The van der Waals surface area contributed by atoms with Gasteiger partial charge < -0.3 is 10.0 Å². The Morgan fingerprint density at radius 1 is 1.33 bits per heavy atom. The van der Waals surface area contributed by atoms with E-state index >= 15 is 0 Å². The molecular formula is C12H11Cl2NO3. The summed E-state index contributed by atoms with van der Waals surface area (Å²) in [4.78, 5) is 24.0. The molecule has 0 aliphatic carbocycles. The molecule has 1 aromatic rings. The minimum atomic E-state index is -0.978. The lowest BCUT2D eigenvalue weighted by Gasteiger charge is -2.21. The van der Waals surface area contributed by atoms with Crippen molar-refractivity contribution in [3.8, 4) is 0 Å². The number of benzene rings is 1. The van der Waals surface area contributed by atoms with Gasteiger partial charge >= 0.3 is 5.97 Å². The molecule has 4 nitrogen and oxygen atoms in total. The summed E-state index contributed by atoms with van der Waals surface area (Å²) in [6, 6.07) is 4.19. The maximum atomic E-state index is 11.7. The van der Waals surface area contributed by atoms with E-state index in [2.05, 4.69) is 0 Å². The van der Waals surface area contributed by atoms with Crippen LogP contribution < -0.4 is 0 Å². The number of carboxylic acids is 1. The van der Waals surface area contributed by atoms with Gasteiger partial charge in [-0.25, -0.2) is 4.79 Å². The van der Waals surface area contributed by atoms with E-state index < -0.39 is 12.0 Å². The van der Waals surface area contributed by atoms with Crippen LogP contribution in [-0.2, 0) is 16.1 Å². The van der Waals surface area contributed by atoms with E-state index in [0.717, 1.165) is 5.56 Å². The summed E-state index contributed by atoms with van der Waals surface area (Å²) in [6.07, 6.45) is 0.619. The summed E-state index contributed by atoms with van der Waals surface area (Å²) in [5.74, 6) is -1.13. The van der Waals surface area contributed by atoms with Gasteiger partial charge in [-0.15, -0.1) is 0 Å². The Bertz CT molecular complexity index is 484. The smallest absolute Gasteiger partial charge is 0.326 e. The minimum Gasteiger partial charge on any atom is -0.480 e. The van der Waals surface area contributed by atoms with Crippen LogP contribution in [0.1, 0.15) is 18.4 Å². The Balaban J connectivity index is 2.21. The molecule has 0 saturated carbocycles. The van der Waals surface area contributed by atoms with Gasteiger partial charge in [0.15, 0.2) is 0 Å². The van der Waals surface area contributed by atoms with Crippen molar-refractivity contribution in [1.82, 2.24) is 4.90 Å². The van der Waals surface area contributed by atoms with Crippen molar-refractivity contribution >= 4 is 35.1 Å². The van der Waals surface area contributed by atoms with Crippen molar-refractivity contribution in [1.29, 1.82) is 0 Å². The van der Waals surface area contributed by atoms with Gasteiger partial charge in [-0.1, -0.05) is 23.2 Å². The number of carbonyl (C=O) groups excluding carboxylic acids is 1. The zero-order chi connectivity index (χ0) is 13.3. The molecule has 1 unspecified atom stereocenters. The molecule has 1 aliphatic heterocycles. The van der Waals surface area contributed by atoms with Gasteiger partial charge in [0, 0.05) is 23.0 Å². The van der Waals surface area contributed by atoms with Crippen LogP contribution in [0, 0.1) is 0 Å². The first kappa shape index (κ1) is 13.2. The number of halogens is 2. The van der Waals surface area contributed by atoms with Crippen LogP contribution in [-0.4, -0.2) is 27.9 Å². The lowest BCUT2D eigenvalue weighted by Crippen LogP contribution is -2.37. The predicted octanol–water partition coefficient (Wildman–Crippen LogP) is 2.57. The fourth-order valence-corrected chi connectivity index (χ4v) is 2.66. The van der Waals surface area contributed by atoms with E-state index in [1.54, 1.807) is 18.2 Å². The molecule has 1 N–H and O–H groups in total. The molecule has 96 valence electrons. The highest BCUT2D eigenvalue weighted by Gasteiger charge is 2.35. The average molecular weight is 288 g/mol. The molecule has 0 bridgehead atoms. The van der Waals surface area contributed by atoms with Crippen LogP contribution in [0.3, 0.4) is 0 Å². The van der Waals surface area contributed by atoms with Gasteiger partial charge in [-0.3, -0.25) is 4.79 Å². The highest BCUT2D eigenvalue weighted by Crippen LogP contribution is 2.25. The third-order valence-corrected chi connectivity index (χ3v) is 3.32. The Kier molecular flexibility index (Phi) is 3.78. The maximum Gasteiger partial charge on any atom is 0.326 e. The minimum absolute atomic E-state index is 0.154. The van der Waals surface area contributed by atoms with E-state index in [9.17, 15) is 9.59 Å². The predicted molar refractivity (Wildman–Crippen MR) is 67.7 cm³/mol. The van der Waals surface area contributed by atoms with E-state index in [-0.39, 0.29) is 18.9 Å². The summed E-state index contributed by atoms with van der Waals surface area (Å²) in [5.41, 5.74) is 0.731. The van der Waals surface area contributed by atoms with Gasteiger partial charge in [-0.05, 0) is 30.2 Å². The highest BCUT2D eigenvalue weighted by atomic mass is 35.5. The van der Waals surface area contributed by atoms with Crippen LogP contribution in [0.5, 0.6) is 0 Å². The molecule has 2 rings (SSSR count). The van der Waals surface area contributed by atoms with E-state index in [1.165, 1.54) is 4.90 Å². The van der Waals surface area contributed by atoms with Crippen molar-refractivity contribution in [2.75, 3.05) is 0 Å². The van der Waals surface area contributed by atoms with Crippen LogP contribution in [0.4, 0.5) is 0 Å². The van der Waals surface area contributed by atoms with Crippen LogP contribution in [0.15, 0.2) is 18.2 Å². The van der Waals surface area contributed by atoms with Gasteiger partial charge in [0.2, 0.25) is 5.91 Å². The first-order valence-electron chi connectivity index (χ1n) is 5.44. The van der Waals surface area contributed by atoms with Crippen LogP contribution in [0.2, 0.25) is 10.0 Å². The van der Waals surface area contributed by atoms with Crippen molar-refractivity contribution in [3.05, 3.63) is 33.8 Å². The van der Waals surface area contributed by atoms with E-state index in [4.69, 9.17) is 28.3 Å². The quantitative estimate of drug-likeness (QED) is 0.930. The third-order valence-electron chi connectivity index (χ3n) is 2.89. The molecule has 0 radical (unpaired) electrons. The summed E-state index contributed by atoms with van der Waals surface area (Å²) in [7, 11) is 0. The second kappa shape index (κ2) is 5.16. The molecule has 1 amide bonds. The highest BCUT2D eigenvalue weighted by molar-refractivity contribution is 6.34. The van der Waals surface area contributed by atoms with Crippen molar-refractivity contribution in [2.45, 2.75) is 25.4 Å². The molecular weight excluding hydrogens is 277 g/mol. The molecule has 1 aliphatic rings. The topological polar surface area (TPSA) is 57.6 Å². The van der Waals surface area contributed by atoms with Crippen molar-refractivity contribution < 1.29 is 14.7 Å². The number of aliphatic carboxylic acids is 1. The Hall–Kier alpha value is -1.26. The van der Waals surface area contributed by atoms with Crippen molar-refractivity contribution in [2.24, 2.45) is 0 Å². The van der Waals surface area contributed by atoms with Gasteiger partial charge in [-0.2, -0.15) is 0 Å². The normalized spacial score (nSPS) is 19.3. The number of likely N-dealkylation sites (tertiary alicyclic amines) is 1. The molecule has 1 heterocycles. The summed E-state index contributed by atoms with van der Waals surface area (Å²) < 4.78 is 0. The summed E-state index contributed by atoms with van der Waals surface area (Å²) in [6.45, 7) is 0.218. The van der Waals surface area contributed by atoms with Crippen molar-refractivity contribution in [3.63, 3.8) is 0 Å². The average Bonchev–Trinajstić information content (AvgIpc) is 2.59. The first-order chi connectivity index (χ1) is 8.47. The SMILES string of the molecule is O=C(O)C1CCC(=O)N1Cc1cc(Cl)cc(Cl)c1. The number of carbonyl (C=O) groups is 2. The number of carboxylic acid groups (broad SMARTS) is 1. The fraction of sp³-hybridized carbons (Fsp3) is 0.333. The molecule has 0 spiro atoms. The second-order valence-corrected chi connectivity index (χ2v) is 5.06. The lowest BCUT2D eigenvalue weighted by atomic mass is 10.2. The lowest BCUT2D eigenvalue weighted by molar-refractivity contribution is -0.146. The number of amides is 1. The number of rotatable bonds is 3. The third kappa shape index (κ3) is 2.76. The molecule has 6 heteroatoms. The first-order valence-corrected chi connectivity index (χ1v) is 6.20. The molecule has 1 saturated heterocycles. The monoisotopic (exact) mass is 287 g/mol. The number of nitrogens with zero attached hydrogens (tertiary/aromatic N) is 1. The Morgan fingerprint density at radius 2 is 1.94 bits per heavy atom. The maximum absolute atomic E-state index is 11.7. The van der Waals surface area contributed by atoms with E-state index in [1.807, 2.05) is 0 Å². The molecule has 0 aromatic heterocycles. The molecule has 1 aromatic carbocycles. The second-order valence-electron chi connectivity index (χ2n) is 4.19. The zero-order valence-electron chi connectivity index (χ0n) is 9.40. The van der Waals surface area contributed by atoms with Gasteiger partial charge in [0.05, 0.1) is 0 Å². The van der Waals surface area contributed by atoms with Gasteiger partial charge in [0.25, 0.3) is 0 Å². The summed E-state index contributed by atoms with van der Waals surface area (Å²) in [5, 5.41) is 9.98. The largest absolute Gasteiger partial charge is 0.480 e. The summed E-state index contributed by atoms with van der Waals surface area (Å²) >= 11 is 11.7. The fourth-order valence-electron chi connectivity index (χ4n) is 2.09. The Labute approximate surface area is 114 Å². The zero-order valence-corrected chi connectivity index (χ0v) is 10.9. The van der Waals surface area contributed by atoms with Gasteiger partial charge in [0.1, 0.15) is 6.04 Å². The number of hydrogen-bond acceptors (Lipinski definition) is 2. The molecule has 18 heavy (non-hydrogen) atoms. The Morgan fingerprint density at radius 3 is 2.50 bits per heavy atom. The van der Waals surface area contributed by atoms with E-state index in [0.29, 0.717) is 16.5 Å². The standard InChI is InChI=1S/C12H11Cl2NO3/c13-8-3-7(4-9(14)5-8)6-15-10(12(17)18)1-2-11(15)16/h3-5,10H,1-2,6H2,(H,17,18). The van der Waals surface area contributed by atoms with Crippen LogP contribution >= 0.6 is 23.2 Å². The molecule has 1 fully saturated rings. The van der Waals surface area contributed by atoms with Crippen LogP contribution in [0.25, 0.3) is 0 Å². The molecule has 1 atom stereocenters. The number of hydrogen-bond donors (Lipinski definition) is 1.